The molecule has 2 rings (SSSR count). The number of amides is 1. The van der Waals surface area contributed by atoms with Gasteiger partial charge in [0.25, 0.3) is 5.91 Å². The lowest BCUT2D eigenvalue weighted by atomic mass is 10.1. The lowest BCUT2D eigenvalue weighted by molar-refractivity contribution is 0.0694. The van der Waals surface area contributed by atoms with Crippen molar-refractivity contribution >= 4 is 5.91 Å². The highest BCUT2D eigenvalue weighted by Gasteiger charge is 2.23. The second kappa shape index (κ2) is 6.91. The molecule has 2 aromatic heterocycles. The van der Waals surface area contributed by atoms with Crippen LogP contribution in [0.5, 0.6) is 0 Å². The van der Waals surface area contributed by atoms with Crippen LogP contribution in [0.1, 0.15) is 43.9 Å². The first-order chi connectivity index (χ1) is 10.8. The van der Waals surface area contributed by atoms with E-state index in [1.165, 1.54) is 4.90 Å². The molecule has 0 radical (unpaired) electrons. The zero-order valence-corrected chi connectivity index (χ0v) is 14.1. The smallest absolute Gasteiger partial charge is 0.293 e. The first kappa shape index (κ1) is 17.1. The molecule has 2 heterocycles. The molecule has 0 atom stereocenters. The summed E-state index contributed by atoms with van der Waals surface area (Å²) in [5.74, 6) is -0.164. The van der Waals surface area contributed by atoms with E-state index in [0.717, 1.165) is 12.1 Å². The van der Waals surface area contributed by atoms with Crippen molar-refractivity contribution in [2.45, 2.75) is 46.3 Å². The van der Waals surface area contributed by atoms with Gasteiger partial charge in [0, 0.05) is 31.4 Å². The molecule has 8 nitrogen and oxygen atoms in total. The summed E-state index contributed by atoms with van der Waals surface area (Å²) in [7, 11) is 0. The molecule has 0 aliphatic heterocycles. The minimum Gasteiger partial charge on any atom is -0.395 e. The minimum absolute atomic E-state index is 0.117. The number of aromatic nitrogens is 5. The van der Waals surface area contributed by atoms with Crippen LogP contribution in [0, 0.1) is 0 Å². The van der Waals surface area contributed by atoms with Gasteiger partial charge in [0.05, 0.1) is 18.3 Å². The molecule has 23 heavy (non-hydrogen) atoms. The van der Waals surface area contributed by atoms with Gasteiger partial charge in [-0.15, -0.1) is 5.10 Å². The van der Waals surface area contributed by atoms with Crippen molar-refractivity contribution in [3.8, 4) is 0 Å². The molecule has 1 amide bonds. The largest absolute Gasteiger partial charge is 0.395 e. The molecule has 0 bridgehead atoms. The summed E-state index contributed by atoms with van der Waals surface area (Å²) in [6, 6.07) is 0. The molecule has 0 aliphatic rings. The standard InChI is InChI=1S/C15H24N6O2/c1-5-20-10-12(8-17-20)9-19(6-7-22)14(23)13-16-11-21(18-13)15(2,3)4/h8,10-11,22H,5-7,9H2,1-4H3. The van der Waals surface area contributed by atoms with Crippen LogP contribution >= 0.6 is 0 Å². The Hall–Kier alpha value is -2.22. The Bertz CT molecular complexity index is 655. The molecule has 0 unspecified atom stereocenters. The van der Waals surface area contributed by atoms with Gasteiger partial charge in [-0.1, -0.05) is 0 Å². The lowest BCUT2D eigenvalue weighted by Crippen LogP contribution is -2.34. The quantitative estimate of drug-likeness (QED) is 0.853. The molecular formula is C15H24N6O2. The maximum atomic E-state index is 12.6. The average Bonchev–Trinajstić information content (AvgIpc) is 3.14. The fourth-order valence-corrected chi connectivity index (χ4v) is 2.08. The number of carbonyl (C=O) groups is 1. The molecule has 0 aromatic carbocycles. The van der Waals surface area contributed by atoms with Crippen LogP contribution in [0.2, 0.25) is 0 Å². The van der Waals surface area contributed by atoms with Crippen molar-refractivity contribution in [2.75, 3.05) is 13.2 Å². The van der Waals surface area contributed by atoms with E-state index < -0.39 is 0 Å². The predicted molar refractivity (Wildman–Crippen MR) is 84.7 cm³/mol. The Kier molecular flexibility index (Phi) is 5.15. The maximum Gasteiger partial charge on any atom is 0.293 e. The molecule has 0 saturated heterocycles. The zero-order valence-electron chi connectivity index (χ0n) is 14.1. The van der Waals surface area contributed by atoms with E-state index in [1.54, 1.807) is 21.9 Å². The summed E-state index contributed by atoms with van der Waals surface area (Å²) in [6.45, 7) is 9.20. The Labute approximate surface area is 135 Å². The SMILES string of the molecule is CCn1cc(CN(CCO)C(=O)c2ncn(C(C)(C)C)n2)cn1. The summed E-state index contributed by atoms with van der Waals surface area (Å²) < 4.78 is 3.45. The number of aliphatic hydroxyl groups is 1. The predicted octanol–water partition coefficient (Wildman–Crippen LogP) is 0.884. The number of nitrogens with zero attached hydrogens (tertiary/aromatic N) is 6. The summed E-state index contributed by atoms with van der Waals surface area (Å²) in [5.41, 5.74) is 0.666. The number of hydrogen-bond acceptors (Lipinski definition) is 5. The van der Waals surface area contributed by atoms with Crippen molar-refractivity contribution in [1.29, 1.82) is 0 Å². The van der Waals surface area contributed by atoms with Gasteiger partial charge in [-0.25, -0.2) is 9.67 Å². The Morgan fingerprint density at radius 1 is 1.39 bits per heavy atom. The average molecular weight is 320 g/mol. The first-order valence-electron chi connectivity index (χ1n) is 7.68. The topological polar surface area (TPSA) is 89.1 Å². The molecule has 2 aromatic rings. The normalized spacial score (nSPS) is 11.7. The Morgan fingerprint density at radius 3 is 2.65 bits per heavy atom. The van der Waals surface area contributed by atoms with Gasteiger partial charge >= 0.3 is 0 Å². The van der Waals surface area contributed by atoms with E-state index in [1.807, 2.05) is 33.9 Å². The molecular weight excluding hydrogens is 296 g/mol. The fourth-order valence-electron chi connectivity index (χ4n) is 2.08. The minimum atomic E-state index is -0.300. The van der Waals surface area contributed by atoms with Crippen LogP contribution < -0.4 is 0 Å². The van der Waals surface area contributed by atoms with Gasteiger partial charge in [-0.05, 0) is 27.7 Å². The second-order valence-corrected chi connectivity index (χ2v) is 6.34. The van der Waals surface area contributed by atoms with Crippen LogP contribution in [-0.4, -0.2) is 53.6 Å². The van der Waals surface area contributed by atoms with Crippen LogP contribution in [0.3, 0.4) is 0 Å². The number of hydrogen-bond donors (Lipinski definition) is 1. The van der Waals surface area contributed by atoms with Gasteiger partial charge < -0.3 is 10.0 Å². The van der Waals surface area contributed by atoms with E-state index >= 15 is 0 Å². The monoisotopic (exact) mass is 320 g/mol. The number of carbonyl (C=O) groups excluding carboxylic acids is 1. The summed E-state index contributed by atoms with van der Waals surface area (Å²) >= 11 is 0. The van der Waals surface area contributed by atoms with E-state index in [-0.39, 0.29) is 30.4 Å². The van der Waals surface area contributed by atoms with Crippen molar-refractivity contribution in [2.24, 2.45) is 0 Å². The highest BCUT2D eigenvalue weighted by Crippen LogP contribution is 2.13. The third-order valence-corrected chi connectivity index (χ3v) is 3.41. The molecule has 0 aliphatic carbocycles. The van der Waals surface area contributed by atoms with Crippen LogP contribution in [0.15, 0.2) is 18.7 Å². The van der Waals surface area contributed by atoms with Crippen molar-refractivity contribution in [3.05, 3.63) is 30.1 Å². The number of rotatable bonds is 6. The van der Waals surface area contributed by atoms with E-state index in [4.69, 9.17) is 0 Å². The van der Waals surface area contributed by atoms with Crippen LogP contribution in [0.4, 0.5) is 0 Å². The molecule has 0 fully saturated rings. The third kappa shape index (κ3) is 4.16. The van der Waals surface area contributed by atoms with Crippen LogP contribution in [0.25, 0.3) is 0 Å². The number of aliphatic hydroxyl groups excluding tert-OH is 1. The van der Waals surface area contributed by atoms with Gasteiger partial charge in [0.2, 0.25) is 5.82 Å². The molecule has 0 saturated carbocycles. The third-order valence-electron chi connectivity index (χ3n) is 3.41. The molecule has 0 spiro atoms. The van der Waals surface area contributed by atoms with Gasteiger partial charge in [0.15, 0.2) is 0 Å². The fraction of sp³-hybridized carbons (Fsp3) is 0.600. The number of aryl methyl sites for hydroxylation is 1. The highest BCUT2D eigenvalue weighted by atomic mass is 16.3. The Balaban J connectivity index is 2.16. The van der Waals surface area contributed by atoms with Gasteiger partial charge in [-0.2, -0.15) is 5.10 Å². The summed E-state index contributed by atoms with van der Waals surface area (Å²) in [4.78, 5) is 18.2. The molecule has 126 valence electrons. The summed E-state index contributed by atoms with van der Waals surface area (Å²) in [5, 5.41) is 17.7. The Morgan fingerprint density at radius 2 is 2.13 bits per heavy atom. The van der Waals surface area contributed by atoms with E-state index in [0.29, 0.717) is 6.54 Å². The van der Waals surface area contributed by atoms with E-state index in [9.17, 15) is 9.90 Å². The molecule has 1 N–H and O–H groups in total. The van der Waals surface area contributed by atoms with Crippen molar-refractivity contribution in [1.82, 2.24) is 29.4 Å². The highest BCUT2D eigenvalue weighted by molar-refractivity contribution is 5.90. The summed E-state index contributed by atoms with van der Waals surface area (Å²) in [6.07, 6.45) is 5.17. The lowest BCUT2D eigenvalue weighted by Gasteiger charge is -2.20. The molecule has 8 heteroatoms. The zero-order chi connectivity index (χ0) is 17.0. The van der Waals surface area contributed by atoms with E-state index in [2.05, 4.69) is 15.2 Å². The van der Waals surface area contributed by atoms with Gasteiger partial charge in [0.1, 0.15) is 6.33 Å². The second-order valence-electron chi connectivity index (χ2n) is 6.34. The maximum absolute atomic E-state index is 12.6. The van der Waals surface area contributed by atoms with Crippen LogP contribution in [-0.2, 0) is 18.6 Å². The van der Waals surface area contributed by atoms with Crippen molar-refractivity contribution < 1.29 is 9.90 Å². The first-order valence-corrected chi connectivity index (χ1v) is 7.68. The van der Waals surface area contributed by atoms with Gasteiger partial charge in [-0.3, -0.25) is 9.48 Å². The van der Waals surface area contributed by atoms with Crippen molar-refractivity contribution in [3.63, 3.8) is 0 Å².